The van der Waals surface area contributed by atoms with Gasteiger partial charge in [0, 0.05) is 26.2 Å². The summed E-state index contributed by atoms with van der Waals surface area (Å²) >= 11 is 4.49. The number of amides is 2. The molecule has 0 saturated carbocycles. The van der Waals surface area contributed by atoms with E-state index in [-0.39, 0.29) is 13.1 Å². The van der Waals surface area contributed by atoms with Gasteiger partial charge < -0.3 is 19.6 Å². The molecular formula is C16H17FN4O4S. The van der Waals surface area contributed by atoms with Crippen LogP contribution in [0.4, 0.5) is 25.4 Å². The highest BCUT2D eigenvalue weighted by molar-refractivity contribution is 7.78. The van der Waals surface area contributed by atoms with E-state index in [0.717, 1.165) is 0 Å². The van der Waals surface area contributed by atoms with Crippen LogP contribution in [0.2, 0.25) is 0 Å². The van der Waals surface area contributed by atoms with Crippen molar-refractivity contribution in [3.8, 4) is 0 Å². The first kappa shape index (κ1) is 18.1. The Morgan fingerprint density at radius 2 is 2.12 bits per heavy atom. The number of rotatable bonds is 4. The summed E-state index contributed by atoms with van der Waals surface area (Å²) < 4.78 is 19.7. The lowest BCUT2D eigenvalue weighted by molar-refractivity contribution is 0.142. The Bertz CT molecular complexity index is 763. The van der Waals surface area contributed by atoms with Crippen molar-refractivity contribution in [3.63, 3.8) is 0 Å². The van der Waals surface area contributed by atoms with Crippen LogP contribution in [0.25, 0.3) is 0 Å². The number of halogens is 1. The zero-order valence-corrected chi connectivity index (χ0v) is 14.6. The second kappa shape index (κ2) is 7.67. The maximum atomic E-state index is 14.6. The Kier molecular flexibility index (Phi) is 5.34. The summed E-state index contributed by atoms with van der Waals surface area (Å²) in [4.78, 5) is 31.1. The van der Waals surface area contributed by atoms with Crippen LogP contribution in [0, 0.1) is 5.82 Å². The molecule has 2 amide bonds. The lowest BCUT2D eigenvalue weighted by Crippen LogP contribution is -2.48. The van der Waals surface area contributed by atoms with Gasteiger partial charge in [0.15, 0.2) is 0 Å². The van der Waals surface area contributed by atoms with E-state index in [0.29, 0.717) is 37.6 Å². The van der Waals surface area contributed by atoms with Crippen molar-refractivity contribution in [2.75, 3.05) is 49.1 Å². The summed E-state index contributed by atoms with van der Waals surface area (Å²) in [6.07, 6.45) is -1.97. The Hall–Kier alpha value is -2.71. The summed E-state index contributed by atoms with van der Waals surface area (Å²) in [5.41, 5.74) is 0.780. The fourth-order valence-electron chi connectivity index (χ4n) is 3.03. The number of anilines is 2. The Morgan fingerprint density at radius 1 is 1.38 bits per heavy atom. The van der Waals surface area contributed by atoms with E-state index in [1.807, 2.05) is 0 Å². The molecule has 2 aliphatic heterocycles. The molecule has 2 heterocycles. The molecule has 1 aromatic carbocycles. The van der Waals surface area contributed by atoms with Gasteiger partial charge in [0.1, 0.15) is 11.9 Å². The van der Waals surface area contributed by atoms with E-state index >= 15 is 0 Å². The van der Waals surface area contributed by atoms with Gasteiger partial charge in [-0.05, 0) is 30.4 Å². The molecule has 0 aromatic heterocycles. The van der Waals surface area contributed by atoms with Crippen LogP contribution in [-0.2, 0) is 4.74 Å². The van der Waals surface area contributed by atoms with Crippen molar-refractivity contribution in [1.29, 1.82) is 0 Å². The third kappa shape index (κ3) is 3.76. The predicted octanol–water partition coefficient (Wildman–Crippen LogP) is 2.05. The van der Waals surface area contributed by atoms with Crippen LogP contribution in [0.1, 0.15) is 0 Å². The molecule has 1 aromatic rings. The number of benzene rings is 1. The third-order valence-electron chi connectivity index (χ3n) is 4.37. The van der Waals surface area contributed by atoms with Crippen LogP contribution in [0.15, 0.2) is 23.2 Å². The summed E-state index contributed by atoms with van der Waals surface area (Å²) in [6.45, 7) is 1.93. The normalized spacial score (nSPS) is 20.0. The second-order valence-electron chi connectivity index (χ2n) is 5.94. The van der Waals surface area contributed by atoms with Gasteiger partial charge in [-0.1, -0.05) is 0 Å². The zero-order valence-electron chi connectivity index (χ0n) is 13.8. The van der Waals surface area contributed by atoms with Gasteiger partial charge in [0.2, 0.25) is 0 Å². The first-order chi connectivity index (χ1) is 12.5. The molecule has 0 unspecified atom stereocenters. The monoisotopic (exact) mass is 380 g/mol. The summed E-state index contributed by atoms with van der Waals surface area (Å²) in [5.74, 6) is -0.473. The minimum atomic E-state index is -0.972. The van der Waals surface area contributed by atoms with Crippen molar-refractivity contribution in [1.82, 2.24) is 4.90 Å². The minimum Gasteiger partial charge on any atom is -0.465 e. The lowest BCUT2D eigenvalue weighted by Gasteiger charge is -2.34. The zero-order chi connectivity index (χ0) is 18.7. The Balaban J connectivity index is 1.69. The van der Waals surface area contributed by atoms with Crippen LogP contribution in [0.3, 0.4) is 0 Å². The maximum absolute atomic E-state index is 14.6. The van der Waals surface area contributed by atoms with Gasteiger partial charge in [-0.2, -0.15) is 0 Å². The summed E-state index contributed by atoms with van der Waals surface area (Å²) in [6, 6.07) is 4.52. The predicted molar refractivity (Wildman–Crippen MR) is 95.7 cm³/mol. The SMILES string of the molecule is O=C(O)N1CCN(c2ccc(N3C[C@H](CN=C=S)OC3=O)cc2F)CC1. The van der Waals surface area contributed by atoms with Crippen molar-refractivity contribution in [2.24, 2.45) is 4.99 Å². The average Bonchev–Trinajstić information content (AvgIpc) is 3.00. The lowest BCUT2D eigenvalue weighted by atomic mass is 10.2. The number of carbonyl (C=O) groups excluding carboxylic acids is 1. The van der Waals surface area contributed by atoms with Gasteiger partial charge in [0.05, 0.1) is 29.6 Å². The second-order valence-corrected chi connectivity index (χ2v) is 6.12. The number of cyclic esters (lactones) is 1. The molecule has 0 spiro atoms. The van der Waals surface area contributed by atoms with Gasteiger partial charge in [-0.3, -0.25) is 4.90 Å². The Morgan fingerprint density at radius 3 is 2.73 bits per heavy atom. The van der Waals surface area contributed by atoms with Crippen molar-refractivity contribution >= 4 is 40.9 Å². The highest BCUT2D eigenvalue weighted by Gasteiger charge is 2.33. The number of carboxylic acid groups (broad SMARTS) is 1. The van der Waals surface area contributed by atoms with Crippen LogP contribution >= 0.6 is 12.2 Å². The molecule has 3 rings (SSSR count). The van der Waals surface area contributed by atoms with E-state index in [2.05, 4.69) is 22.4 Å². The van der Waals surface area contributed by atoms with E-state index in [9.17, 15) is 14.0 Å². The highest BCUT2D eigenvalue weighted by atomic mass is 32.1. The number of isothiocyanates is 1. The number of hydrogen-bond donors (Lipinski definition) is 1. The third-order valence-corrected chi connectivity index (χ3v) is 4.50. The van der Waals surface area contributed by atoms with Gasteiger partial charge in [-0.25, -0.2) is 19.0 Å². The number of piperazine rings is 1. The molecule has 2 aliphatic rings. The standard InChI is InChI=1S/C16H17FN4O4S/c17-13-7-11(21-9-12(8-18-10-26)25-16(21)24)1-2-14(13)19-3-5-20(6-4-19)15(22)23/h1-2,7,12H,3-6,8-9H2,(H,22,23)/t12-/m0/s1. The first-order valence-electron chi connectivity index (χ1n) is 8.03. The molecule has 2 saturated heterocycles. The van der Waals surface area contributed by atoms with Crippen molar-refractivity contribution in [2.45, 2.75) is 6.10 Å². The fourth-order valence-corrected chi connectivity index (χ4v) is 3.10. The molecule has 10 heteroatoms. The fraction of sp³-hybridized carbons (Fsp3) is 0.438. The molecule has 1 atom stereocenters. The quantitative estimate of drug-likeness (QED) is 0.636. The van der Waals surface area contributed by atoms with Gasteiger partial charge >= 0.3 is 12.2 Å². The molecule has 2 fully saturated rings. The maximum Gasteiger partial charge on any atom is 0.414 e. The molecule has 0 radical (unpaired) electrons. The summed E-state index contributed by atoms with van der Waals surface area (Å²) in [5, 5.41) is 11.2. The van der Waals surface area contributed by atoms with E-state index in [1.54, 1.807) is 17.0 Å². The van der Waals surface area contributed by atoms with Crippen LogP contribution in [-0.4, -0.2) is 72.7 Å². The molecule has 0 aliphatic carbocycles. The van der Waals surface area contributed by atoms with Crippen LogP contribution < -0.4 is 9.80 Å². The number of aliphatic imine (C=N–C) groups is 1. The topological polar surface area (TPSA) is 85.7 Å². The van der Waals surface area contributed by atoms with E-state index in [1.165, 1.54) is 15.9 Å². The van der Waals surface area contributed by atoms with E-state index in [4.69, 9.17) is 9.84 Å². The molecule has 8 nitrogen and oxygen atoms in total. The largest absolute Gasteiger partial charge is 0.465 e. The molecular weight excluding hydrogens is 363 g/mol. The molecule has 138 valence electrons. The minimum absolute atomic E-state index is 0.222. The first-order valence-corrected chi connectivity index (χ1v) is 8.44. The van der Waals surface area contributed by atoms with Gasteiger partial charge in [0.25, 0.3) is 0 Å². The number of ether oxygens (including phenoxy) is 1. The molecule has 26 heavy (non-hydrogen) atoms. The summed E-state index contributed by atoms with van der Waals surface area (Å²) in [7, 11) is 0. The number of carbonyl (C=O) groups is 2. The smallest absolute Gasteiger partial charge is 0.414 e. The number of hydrogen-bond acceptors (Lipinski definition) is 6. The Labute approximate surface area is 154 Å². The van der Waals surface area contributed by atoms with Crippen molar-refractivity contribution < 1.29 is 23.8 Å². The van der Waals surface area contributed by atoms with Crippen molar-refractivity contribution in [3.05, 3.63) is 24.0 Å². The molecule has 0 bridgehead atoms. The number of nitrogens with zero attached hydrogens (tertiary/aromatic N) is 4. The molecule has 1 N–H and O–H groups in total. The average molecular weight is 380 g/mol. The highest BCUT2D eigenvalue weighted by Crippen LogP contribution is 2.28. The van der Waals surface area contributed by atoms with E-state index < -0.39 is 24.1 Å². The number of thiocarbonyl (C=S) groups is 1. The van der Waals surface area contributed by atoms with Gasteiger partial charge in [-0.15, -0.1) is 0 Å². The van der Waals surface area contributed by atoms with Crippen LogP contribution in [0.5, 0.6) is 0 Å².